The van der Waals surface area contributed by atoms with Gasteiger partial charge >= 0.3 is 5.97 Å². The normalized spacial score (nSPS) is 17.8. The molecule has 1 rings (SSSR count). The third kappa shape index (κ3) is 3.24. The zero-order valence-electron chi connectivity index (χ0n) is 11.9. The molecule has 0 saturated heterocycles. The number of nitrogens with one attached hydrogen (secondary N) is 1. The third-order valence-corrected chi connectivity index (χ3v) is 4.27. The van der Waals surface area contributed by atoms with Gasteiger partial charge in [-0.2, -0.15) is 0 Å². The molecular formula is C14H25NO3. The van der Waals surface area contributed by atoms with Crippen LogP contribution in [0.25, 0.3) is 0 Å². The molecular weight excluding hydrogens is 230 g/mol. The Balaban J connectivity index is 2.54. The summed E-state index contributed by atoms with van der Waals surface area (Å²) < 4.78 is 0. The van der Waals surface area contributed by atoms with E-state index in [-0.39, 0.29) is 5.41 Å². The Morgan fingerprint density at radius 2 is 1.67 bits per heavy atom. The van der Waals surface area contributed by atoms with E-state index in [1.54, 1.807) is 0 Å². The average molecular weight is 255 g/mol. The van der Waals surface area contributed by atoms with Crippen molar-refractivity contribution in [2.24, 2.45) is 16.7 Å². The molecule has 1 saturated carbocycles. The van der Waals surface area contributed by atoms with E-state index < -0.39 is 17.3 Å². The molecule has 18 heavy (non-hydrogen) atoms. The maximum atomic E-state index is 11.9. The van der Waals surface area contributed by atoms with Crippen molar-refractivity contribution < 1.29 is 14.7 Å². The van der Waals surface area contributed by atoms with Crippen molar-refractivity contribution in [3.63, 3.8) is 0 Å². The van der Waals surface area contributed by atoms with Gasteiger partial charge in [-0.3, -0.25) is 9.59 Å². The SMILES string of the molecule is CC(C)(C(=O)O)C(=O)NCC(C)(C)C1CCCC1. The summed E-state index contributed by atoms with van der Waals surface area (Å²) in [6.07, 6.45) is 4.96. The van der Waals surface area contributed by atoms with Crippen molar-refractivity contribution in [2.45, 2.75) is 53.4 Å². The van der Waals surface area contributed by atoms with E-state index in [2.05, 4.69) is 19.2 Å². The second kappa shape index (κ2) is 5.29. The molecule has 4 nitrogen and oxygen atoms in total. The predicted molar refractivity (Wildman–Crippen MR) is 70.2 cm³/mol. The number of carbonyl (C=O) groups is 2. The lowest BCUT2D eigenvalue weighted by molar-refractivity contribution is -0.153. The van der Waals surface area contributed by atoms with E-state index in [9.17, 15) is 9.59 Å². The molecule has 0 spiro atoms. The molecule has 2 N–H and O–H groups in total. The van der Waals surface area contributed by atoms with Crippen molar-refractivity contribution in [2.75, 3.05) is 6.54 Å². The molecule has 4 heteroatoms. The van der Waals surface area contributed by atoms with Crippen molar-refractivity contribution in [3.05, 3.63) is 0 Å². The van der Waals surface area contributed by atoms with Crippen LogP contribution in [0.1, 0.15) is 53.4 Å². The van der Waals surface area contributed by atoms with E-state index >= 15 is 0 Å². The molecule has 0 aromatic rings. The van der Waals surface area contributed by atoms with Crippen molar-refractivity contribution >= 4 is 11.9 Å². The zero-order chi connectivity index (χ0) is 14.0. The quantitative estimate of drug-likeness (QED) is 0.741. The van der Waals surface area contributed by atoms with Gasteiger partial charge in [-0.25, -0.2) is 0 Å². The number of carboxylic acid groups (broad SMARTS) is 1. The van der Waals surface area contributed by atoms with Crippen LogP contribution >= 0.6 is 0 Å². The number of hydrogen-bond donors (Lipinski definition) is 2. The van der Waals surface area contributed by atoms with Gasteiger partial charge in [0.15, 0.2) is 0 Å². The molecule has 1 aliphatic carbocycles. The van der Waals surface area contributed by atoms with Gasteiger partial charge in [0, 0.05) is 6.54 Å². The summed E-state index contributed by atoms with van der Waals surface area (Å²) in [7, 11) is 0. The molecule has 0 heterocycles. The van der Waals surface area contributed by atoms with E-state index in [0.717, 1.165) is 0 Å². The summed E-state index contributed by atoms with van der Waals surface area (Å²) in [4.78, 5) is 22.9. The molecule has 0 aromatic heterocycles. The Morgan fingerprint density at radius 1 is 1.17 bits per heavy atom. The summed E-state index contributed by atoms with van der Waals surface area (Å²) in [6, 6.07) is 0. The van der Waals surface area contributed by atoms with Crippen LogP contribution in [0.2, 0.25) is 0 Å². The van der Waals surface area contributed by atoms with Crippen LogP contribution in [0.5, 0.6) is 0 Å². The summed E-state index contributed by atoms with van der Waals surface area (Å²) in [5.41, 5.74) is -1.31. The third-order valence-electron chi connectivity index (χ3n) is 4.27. The maximum absolute atomic E-state index is 11.9. The molecule has 104 valence electrons. The fraction of sp³-hybridized carbons (Fsp3) is 0.857. The first-order valence-corrected chi connectivity index (χ1v) is 6.69. The highest BCUT2D eigenvalue weighted by Gasteiger charge is 2.38. The summed E-state index contributed by atoms with van der Waals surface area (Å²) >= 11 is 0. The lowest BCUT2D eigenvalue weighted by Crippen LogP contribution is -2.46. The van der Waals surface area contributed by atoms with Gasteiger partial charge < -0.3 is 10.4 Å². The summed E-state index contributed by atoms with van der Waals surface area (Å²) in [5, 5.41) is 11.8. The molecule has 0 bridgehead atoms. The Morgan fingerprint density at radius 3 is 2.11 bits per heavy atom. The van der Waals surface area contributed by atoms with Crippen molar-refractivity contribution in [1.29, 1.82) is 0 Å². The Kier molecular flexibility index (Phi) is 4.41. The van der Waals surface area contributed by atoms with E-state index in [4.69, 9.17) is 5.11 Å². The van der Waals surface area contributed by atoms with Gasteiger partial charge in [0.2, 0.25) is 5.91 Å². The standard InChI is InChI=1S/C14H25NO3/c1-13(2,10-7-5-6-8-10)9-15-11(16)14(3,4)12(17)18/h10H,5-9H2,1-4H3,(H,15,16)(H,17,18). The zero-order valence-corrected chi connectivity index (χ0v) is 11.9. The number of carboxylic acids is 1. The number of amides is 1. The monoisotopic (exact) mass is 255 g/mol. The minimum atomic E-state index is -1.36. The van der Waals surface area contributed by atoms with Gasteiger partial charge in [-0.05, 0) is 38.0 Å². The largest absolute Gasteiger partial charge is 0.480 e. The first-order chi connectivity index (χ1) is 8.18. The first-order valence-electron chi connectivity index (χ1n) is 6.69. The van der Waals surface area contributed by atoms with E-state index in [0.29, 0.717) is 12.5 Å². The lowest BCUT2D eigenvalue weighted by atomic mass is 9.77. The van der Waals surface area contributed by atoms with Gasteiger partial charge in [0.25, 0.3) is 0 Å². The first kappa shape index (κ1) is 15.0. The Bertz CT molecular complexity index is 328. The number of rotatable bonds is 5. The van der Waals surface area contributed by atoms with Crippen LogP contribution in [-0.4, -0.2) is 23.5 Å². The number of carbonyl (C=O) groups excluding carboxylic acids is 1. The van der Waals surface area contributed by atoms with E-state index in [1.165, 1.54) is 39.5 Å². The predicted octanol–water partition coefficient (Wildman–Crippen LogP) is 2.43. The van der Waals surface area contributed by atoms with Crippen molar-refractivity contribution in [1.82, 2.24) is 5.32 Å². The van der Waals surface area contributed by atoms with Crippen LogP contribution in [0, 0.1) is 16.7 Å². The minimum absolute atomic E-state index is 0.0424. The smallest absolute Gasteiger partial charge is 0.318 e. The fourth-order valence-electron chi connectivity index (χ4n) is 2.48. The van der Waals surface area contributed by atoms with Crippen LogP contribution in [-0.2, 0) is 9.59 Å². The topological polar surface area (TPSA) is 66.4 Å². The van der Waals surface area contributed by atoms with Gasteiger partial charge in [-0.15, -0.1) is 0 Å². The fourth-order valence-corrected chi connectivity index (χ4v) is 2.48. The van der Waals surface area contributed by atoms with Crippen LogP contribution < -0.4 is 5.32 Å². The second-order valence-electron chi connectivity index (χ2n) is 6.58. The maximum Gasteiger partial charge on any atom is 0.318 e. The molecule has 1 amide bonds. The van der Waals surface area contributed by atoms with Gasteiger partial charge in [0.05, 0.1) is 0 Å². The Labute approximate surface area is 109 Å². The second-order valence-corrected chi connectivity index (χ2v) is 6.58. The molecule has 0 atom stereocenters. The number of hydrogen-bond acceptors (Lipinski definition) is 2. The summed E-state index contributed by atoms with van der Waals surface area (Å²) in [5.74, 6) is -0.856. The number of aliphatic carboxylic acids is 1. The average Bonchev–Trinajstić information content (AvgIpc) is 2.79. The molecule has 1 fully saturated rings. The lowest BCUT2D eigenvalue weighted by Gasteiger charge is -2.33. The highest BCUT2D eigenvalue weighted by molar-refractivity contribution is 6.00. The minimum Gasteiger partial charge on any atom is -0.480 e. The molecule has 0 aromatic carbocycles. The van der Waals surface area contributed by atoms with E-state index in [1.807, 2.05) is 0 Å². The highest BCUT2D eigenvalue weighted by Crippen LogP contribution is 2.39. The molecule has 1 aliphatic rings. The van der Waals surface area contributed by atoms with Crippen LogP contribution in [0.3, 0.4) is 0 Å². The summed E-state index contributed by atoms with van der Waals surface area (Å²) in [6.45, 7) is 7.72. The van der Waals surface area contributed by atoms with Crippen LogP contribution in [0.15, 0.2) is 0 Å². The molecule has 0 aliphatic heterocycles. The van der Waals surface area contributed by atoms with Crippen LogP contribution in [0.4, 0.5) is 0 Å². The highest BCUT2D eigenvalue weighted by atomic mass is 16.4. The molecule has 0 unspecified atom stereocenters. The molecule has 0 radical (unpaired) electrons. The van der Waals surface area contributed by atoms with Gasteiger partial charge in [0.1, 0.15) is 5.41 Å². The Hall–Kier alpha value is -1.06. The van der Waals surface area contributed by atoms with Crippen molar-refractivity contribution in [3.8, 4) is 0 Å². The van der Waals surface area contributed by atoms with Gasteiger partial charge in [-0.1, -0.05) is 26.7 Å².